The van der Waals surface area contributed by atoms with E-state index < -0.39 is 7.25 Å². The predicted octanol–water partition coefficient (Wildman–Crippen LogP) is 1.88. The van der Waals surface area contributed by atoms with E-state index in [1.165, 1.54) is 0 Å². The van der Waals surface area contributed by atoms with Gasteiger partial charge in [0.05, 0.1) is 0 Å². The molecule has 0 aliphatic heterocycles. The smallest absolute Gasteiger partial charge is 0.418 e. The van der Waals surface area contributed by atoms with Gasteiger partial charge in [-0.2, -0.15) is 0 Å². The first kappa shape index (κ1) is 10.3. The van der Waals surface area contributed by atoms with Gasteiger partial charge < -0.3 is 17.3 Å². The van der Waals surface area contributed by atoms with Gasteiger partial charge in [-0.1, -0.05) is 12.8 Å². The van der Waals surface area contributed by atoms with Crippen molar-refractivity contribution in [2.24, 2.45) is 0 Å². The van der Waals surface area contributed by atoms with Crippen molar-refractivity contribution in [2.75, 3.05) is 0 Å². The minimum Gasteiger partial charge on any atom is -0.418 e. The van der Waals surface area contributed by atoms with Gasteiger partial charge in [0.2, 0.25) is 0 Å². The van der Waals surface area contributed by atoms with Crippen LogP contribution in [-0.2, 0) is 0 Å². The fourth-order valence-corrected chi connectivity index (χ4v) is 0.371. The molecular formula is C3H4BF4N2S-. The van der Waals surface area contributed by atoms with Gasteiger partial charge in [-0.25, -0.2) is 4.98 Å². The van der Waals surface area contributed by atoms with Crippen LogP contribution in [0, 0.1) is 0 Å². The second-order valence-electron chi connectivity index (χ2n) is 1.44. The molecule has 0 atom stereocenters. The third-order valence-corrected chi connectivity index (χ3v) is 0.727. The highest BCUT2D eigenvalue weighted by molar-refractivity contribution is 7.78. The van der Waals surface area contributed by atoms with Gasteiger partial charge in [0.25, 0.3) is 0 Å². The third kappa shape index (κ3) is 12.5. The highest BCUT2D eigenvalue weighted by Gasteiger charge is 2.20. The summed E-state index contributed by atoms with van der Waals surface area (Å²) in [6.07, 6.45) is 5.04. The molecule has 0 radical (unpaired) electrons. The van der Waals surface area contributed by atoms with Crippen molar-refractivity contribution in [1.82, 2.24) is 8.96 Å². The zero-order valence-corrected chi connectivity index (χ0v) is 6.06. The van der Waals surface area contributed by atoms with Crippen molar-refractivity contribution in [3.8, 4) is 0 Å². The van der Waals surface area contributed by atoms with E-state index in [9.17, 15) is 17.3 Å². The van der Waals surface area contributed by atoms with Crippen LogP contribution in [-0.4, -0.2) is 16.2 Å². The molecule has 0 fully saturated rings. The predicted molar refractivity (Wildman–Crippen MR) is 36.8 cm³/mol. The minimum absolute atomic E-state index is 1.58. The summed E-state index contributed by atoms with van der Waals surface area (Å²) < 4.78 is 40.6. The number of hydrogen-bond acceptors (Lipinski definition) is 2. The summed E-state index contributed by atoms with van der Waals surface area (Å²) in [5.74, 6) is 0. The van der Waals surface area contributed by atoms with E-state index in [-0.39, 0.29) is 0 Å². The van der Waals surface area contributed by atoms with Crippen LogP contribution in [0.2, 0.25) is 0 Å². The molecule has 8 heteroatoms. The zero-order chi connectivity index (χ0) is 8.91. The fourth-order valence-electron chi connectivity index (χ4n) is 0.252. The molecular weight excluding hydrogens is 183 g/mol. The molecule has 2 nitrogen and oxygen atoms in total. The van der Waals surface area contributed by atoms with E-state index >= 15 is 0 Å². The maximum atomic E-state index is 9.75. The van der Waals surface area contributed by atoms with Gasteiger partial charge in [0, 0.05) is 12.4 Å². The van der Waals surface area contributed by atoms with Gasteiger partial charge in [0.1, 0.15) is 6.33 Å². The van der Waals surface area contributed by atoms with Crippen LogP contribution in [0.15, 0.2) is 18.7 Å². The maximum absolute atomic E-state index is 9.75. The Morgan fingerprint density at radius 2 is 1.73 bits per heavy atom. The van der Waals surface area contributed by atoms with Crippen molar-refractivity contribution in [3.63, 3.8) is 0 Å². The first-order valence-corrected chi connectivity index (χ1v) is 2.84. The second kappa shape index (κ2) is 4.27. The molecule has 0 N–H and O–H groups in total. The summed E-state index contributed by atoms with van der Waals surface area (Å²) >= 11 is 3.89. The van der Waals surface area contributed by atoms with Crippen LogP contribution < -0.4 is 0 Å². The third-order valence-electron chi connectivity index (χ3n) is 0.490. The Balaban J connectivity index is 0.000000187. The average Bonchev–Trinajstić information content (AvgIpc) is 2.12. The lowest BCUT2D eigenvalue weighted by Gasteiger charge is -1.94. The van der Waals surface area contributed by atoms with E-state index in [0.717, 1.165) is 0 Å². The van der Waals surface area contributed by atoms with Crippen molar-refractivity contribution in [1.29, 1.82) is 0 Å². The van der Waals surface area contributed by atoms with Crippen LogP contribution in [0.1, 0.15) is 0 Å². The summed E-state index contributed by atoms with van der Waals surface area (Å²) in [5, 5.41) is 0. The molecule has 0 amide bonds. The normalized spacial score (nSPS) is 10.3. The number of nitrogens with zero attached hydrogens (tertiary/aromatic N) is 2. The number of aromatic nitrogens is 2. The Hall–Kier alpha value is -0.655. The molecule has 0 saturated heterocycles. The Kier molecular flexibility index (Phi) is 4.02. The largest absolute Gasteiger partial charge is 0.673 e. The fraction of sp³-hybridized carbons (Fsp3) is 0. The maximum Gasteiger partial charge on any atom is 0.673 e. The molecule has 1 rings (SSSR count). The lowest BCUT2D eigenvalue weighted by molar-refractivity contribution is 0.368. The Bertz CT molecular complexity index is 180. The molecule has 0 aliphatic carbocycles. The SMILES string of the molecule is F[B-](F)(F)F.Sn1ccnc1. The highest BCUT2D eigenvalue weighted by atomic mass is 32.1. The molecule has 1 aromatic heterocycles. The Labute approximate surface area is 65.9 Å². The molecule has 0 aromatic carbocycles. The Morgan fingerprint density at radius 1 is 1.27 bits per heavy atom. The highest BCUT2D eigenvalue weighted by Crippen LogP contribution is 2.06. The summed E-state index contributed by atoms with van der Waals surface area (Å²) in [6.45, 7) is 0. The minimum atomic E-state index is -6.00. The number of hydrogen-bond donors (Lipinski definition) is 1. The van der Waals surface area contributed by atoms with Crippen molar-refractivity contribution >= 4 is 20.1 Å². The summed E-state index contributed by atoms with van der Waals surface area (Å²) in [4.78, 5) is 3.71. The van der Waals surface area contributed by atoms with E-state index in [2.05, 4.69) is 17.8 Å². The van der Waals surface area contributed by atoms with Crippen LogP contribution >= 0.6 is 12.8 Å². The molecule has 1 heterocycles. The summed E-state index contributed by atoms with van der Waals surface area (Å²) in [5.41, 5.74) is 0. The lowest BCUT2D eigenvalue weighted by Crippen LogP contribution is -2.02. The zero-order valence-electron chi connectivity index (χ0n) is 5.16. The van der Waals surface area contributed by atoms with Crippen LogP contribution in [0.4, 0.5) is 17.3 Å². The first-order chi connectivity index (χ1) is 4.89. The van der Waals surface area contributed by atoms with E-state index in [1.807, 2.05) is 0 Å². The number of halogens is 4. The lowest BCUT2D eigenvalue weighted by atomic mass is 10.3. The molecule has 0 unspecified atom stereocenters. The molecule has 11 heavy (non-hydrogen) atoms. The Morgan fingerprint density at radius 3 is 1.82 bits per heavy atom. The van der Waals surface area contributed by atoms with Gasteiger partial charge in [-0.05, 0) is 0 Å². The summed E-state index contributed by atoms with van der Waals surface area (Å²) in [7, 11) is -6.00. The van der Waals surface area contributed by atoms with Gasteiger partial charge in [-0.15, -0.1) is 0 Å². The van der Waals surface area contributed by atoms with E-state index in [1.54, 1.807) is 22.7 Å². The molecule has 0 bridgehead atoms. The van der Waals surface area contributed by atoms with Crippen molar-refractivity contribution < 1.29 is 17.3 Å². The molecule has 1 aromatic rings. The van der Waals surface area contributed by atoms with Crippen LogP contribution in [0.25, 0.3) is 0 Å². The molecule has 0 aliphatic rings. The number of imidazole rings is 1. The van der Waals surface area contributed by atoms with Crippen molar-refractivity contribution in [2.45, 2.75) is 0 Å². The monoisotopic (exact) mass is 187 g/mol. The molecule has 0 spiro atoms. The number of rotatable bonds is 0. The topological polar surface area (TPSA) is 17.8 Å². The van der Waals surface area contributed by atoms with Crippen molar-refractivity contribution in [3.05, 3.63) is 18.7 Å². The summed E-state index contributed by atoms with van der Waals surface area (Å²) in [6, 6.07) is 0. The average molecular weight is 187 g/mol. The van der Waals surface area contributed by atoms with Crippen LogP contribution in [0.3, 0.4) is 0 Å². The number of thiol groups is 1. The van der Waals surface area contributed by atoms with E-state index in [0.29, 0.717) is 0 Å². The van der Waals surface area contributed by atoms with Gasteiger partial charge >= 0.3 is 7.25 Å². The molecule has 0 saturated carbocycles. The molecule has 64 valence electrons. The standard InChI is InChI=1S/C3H4N2S.BF4/c6-5-2-1-4-3-5;2-1(3,4)5/h1-3,6H;/q;-1. The van der Waals surface area contributed by atoms with E-state index in [4.69, 9.17) is 0 Å². The first-order valence-electron chi connectivity index (χ1n) is 2.44. The quantitative estimate of drug-likeness (QED) is 0.373. The van der Waals surface area contributed by atoms with Crippen LogP contribution in [0.5, 0.6) is 0 Å². The van der Waals surface area contributed by atoms with Gasteiger partial charge in [-0.3, -0.25) is 3.97 Å². The second-order valence-corrected chi connectivity index (χ2v) is 1.90. The van der Waals surface area contributed by atoms with Gasteiger partial charge in [0.15, 0.2) is 0 Å².